The smallest absolute Gasteiger partial charge is 0.173 e. The van der Waals surface area contributed by atoms with Gasteiger partial charge in [-0.25, -0.2) is 0 Å². The summed E-state index contributed by atoms with van der Waals surface area (Å²) in [6, 6.07) is 5.09. The zero-order chi connectivity index (χ0) is 14.5. The molecule has 1 aliphatic carbocycles. The summed E-state index contributed by atoms with van der Waals surface area (Å²) in [6.07, 6.45) is 4.24. The summed E-state index contributed by atoms with van der Waals surface area (Å²) in [5.41, 5.74) is 6.16. The predicted octanol–water partition coefficient (Wildman–Crippen LogP) is 2.77. The lowest BCUT2D eigenvalue weighted by Crippen LogP contribution is -2.30. The quantitative estimate of drug-likeness (QED) is 0.388. The summed E-state index contributed by atoms with van der Waals surface area (Å²) < 4.78 is 11.4. The van der Waals surface area contributed by atoms with Crippen molar-refractivity contribution < 1.29 is 14.7 Å². The molecule has 1 aromatic rings. The average Bonchev–Trinajstić information content (AvgIpc) is 2.48. The first-order chi connectivity index (χ1) is 9.63. The SMILES string of the molecule is COC1CCCC(Oc2ccc(Cl)cc2C(N)=NO)C1. The number of halogens is 1. The third-order valence-electron chi connectivity index (χ3n) is 3.53. The van der Waals surface area contributed by atoms with Crippen LogP contribution in [0.2, 0.25) is 5.02 Å². The third kappa shape index (κ3) is 3.55. The van der Waals surface area contributed by atoms with E-state index in [2.05, 4.69) is 5.16 Å². The monoisotopic (exact) mass is 298 g/mol. The molecule has 3 N–H and O–H groups in total. The highest BCUT2D eigenvalue weighted by atomic mass is 35.5. The molecule has 1 aromatic carbocycles. The van der Waals surface area contributed by atoms with Gasteiger partial charge in [0.05, 0.1) is 11.7 Å². The molecule has 2 rings (SSSR count). The molecule has 0 radical (unpaired) electrons. The van der Waals surface area contributed by atoms with Crippen molar-refractivity contribution in [1.29, 1.82) is 0 Å². The maximum absolute atomic E-state index is 8.83. The molecule has 0 bridgehead atoms. The highest BCUT2D eigenvalue weighted by Crippen LogP contribution is 2.29. The Labute approximate surface area is 123 Å². The molecule has 1 fully saturated rings. The molecule has 6 heteroatoms. The zero-order valence-corrected chi connectivity index (χ0v) is 12.1. The van der Waals surface area contributed by atoms with E-state index >= 15 is 0 Å². The van der Waals surface area contributed by atoms with Crippen molar-refractivity contribution >= 4 is 17.4 Å². The van der Waals surface area contributed by atoms with Crippen LogP contribution < -0.4 is 10.5 Å². The Bertz CT molecular complexity index is 493. The number of hydrogen-bond acceptors (Lipinski definition) is 4. The first kappa shape index (κ1) is 14.9. The molecule has 2 unspecified atom stereocenters. The number of hydrogen-bond donors (Lipinski definition) is 2. The van der Waals surface area contributed by atoms with Gasteiger partial charge in [-0.1, -0.05) is 16.8 Å². The van der Waals surface area contributed by atoms with Crippen molar-refractivity contribution in [2.45, 2.75) is 37.9 Å². The number of benzene rings is 1. The number of amidine groups is 1. The van der Waals surface area contributed by atoms with E-state index in [1.165, 1.54) is 0 Å². The van der Waals surface area contributed by atoms with Crippen molar-refractivity contribution in [2.75, 3.05) is 7.11 Å². The van der Waals surface area contributed by atoms with Crippen LogP contribution in [0.1, 0.15) is 31.2 Å². The van der Waals surface area contributed by atoms with Gasteiger partial charge in [0.1, 0.15) is 11.9 Å². The number of nitrogens with two attached hydrogens (primary N) is 1. The van der Waals surface area contributed by atoms with Crippen molar-refractivity contribution in [3.05, 3.63) is 28.8 Å². The first-order valence-electron chi connectivity index (χ1n) is 6.61. The van der Waals surface area contributed by atoms with Crippen LogP contribution in [-0.4, -0.2) is 30.4 Å². The molecule has 0 heterocycles. The lowest BCUT2D eigenvalue weighted by atomic mass is 9.95. The molecule has 1 saturated carbocycles. The maximum Gasteiger partial charge on any atom is 0.173 e. The van der Waals surface area contributed by atoms with E-state index in [1.54, 1.807) is 25.3 Å². The van der Waals surface area contributed by atoms with E-state index in [4.69, 9.17) is 32.0 Å². The predicted molar refractivity (Wildman–Crippen MR) is 77.6 cm³/mol. The number of rotatable bonds is 4. The van der Waals surface area contributed by atoms with Crippen LogP contribution in [0.5, 0.6) is 5.75 Å². The normalized spacial score (nSPS) is 23.6. The standard InChI is InChI=1S/C14H19ClN2O3/c1-19-10-3-2-4-11(8-10)20-13-6-5-9(15)7-12(13)14(16)17-18/h5-7,10-11,18H,2-4,8H2,1H3,(H2,16,17). The van der Waals surface area contributed by atoms with Gasteiger partial charge in [-0.3, -0.25) is 0 Å². The molecular weight excluding hydrogens is 280 g/mol. The van der Waals surface area contributed by atoms with E-state index in [0.717, 1.165) is 25.7 Å². The number of methoxy groups -OCH3 is 1. The minimum atomic E-state index is -0.0124. The van der Waals surface area contributed by atoms with Gasteiger partial charge < -0.3 is 20.4 Å². The largest absolute Gasteiger partial charge is 0.490 e. The molecule has 5 nitrogen and oxygen atoms in total. The Hall–Kier alpha value is -1.46. The van der Waals surface area contributed by atoms with Crippen molar-refractivity contribution in [3.8, 4) is 5.75 Å². The van der Waals surface area contributed by atoms with Crippen LogP contribution >= 0.6 is 11.6 Å². The Morgan fingerprint density at radius 3 is 2.85 bits per heavy atom. The topological polar surface area (TPSA) is 77.1 Å². The fraction of sp³-hybridized carbons (Fsp3) is 0.500. The van der Waals surface area contributed by atoms with Crippen molar-refractivity contribution in [1.82, 2.24) is 0 Å². The van der Waals surface area contributed by atoms with Crippen LogP contribution in [0.4, 0.5) is 0 Å². The second-order valence-electron chi connectivity index (χ2n) is 4.89. The fourth-order valence-corrected chi connectivity index (χ4v) is 2.63. The molecule has 2 atom stereocenters. The van der Waals surface area contributed by atoms with Crippen molar-refractivity contribution in [2.24, 2.45) is 10.9 Å². The molecule has 1 aliphatic rings. The van der Waals surface area contributed by atoms with E-state index < -0.39 is 0 Å². The number of nitrogens with zero attached hydrogens (tertiary/aromatic N) is 1. The third-order valence-corrected chi connectivity index (χ3v) is 3.77. The van der Waals surface area contributed by atoms with Crippen LogP contribution in [0.25, 0.3) is 0 Å². The summed E-state index contributed by atoms with van der Waals surface area (Å²) in [7, 11) is 1.72. The molecule has 110 valence electrons. The highest BCUT2D eigenvalue weighted by molar-refractivity contribution is 6.31. The van der Waals surface area contributed by atoms with Gasteiger partial charge in [0.15, 0.2) is 5.84 Å². The Morgan fingerprint density at radius 2 is 2.15 bits per heavy atom. The van der Waals surface area contributed by atoms with Gasteiger partial charge in [-0.15, -0.1) is 0 Å². The molecule has 0 saturated heterocycles. The molecule has 0 spiro atoms. The molecular formula is C14H19ClN2O3. The maximum atomic E-state index is 8.83. The highest BCUT2D eigenvalue weighted by Gasteiger charge is 2.24. The van der Waals surface area contributed by atoms with Crippen LogP contribution in [0.15, 0.2) is 23.4 Å². The summed E-state index contributed by atoms with van der Waals surface area (Å²) in [6.45, 7) is 0. The van der Waals surface area contributed by atoms with E-state index in [9.17, 15) is 0 Å². The summed E-state index contributed by atoms with van der Waals surface area (Å²) >= 11 is 5.94. The zero-order valence-electron chi connectivity index (χ0n) is 11.4. The van der Waals surface area contributed by atoms with Gasteiger partial charge in [0, 0.05) is 18.6 Å². The van der Waals surface area contributed by atoms with Crippen LogP contribution in [0.3, 0.4) is 0 Å². The number of oxime groups is 1. The fourth-order valence-electron chi connectivity index (χ4n) is 2.46. The lowest BCUT2D eigenvalue weighted by Gasteiger charge is -2.29. The molecule has 0 aromatic heterocycles. The van der Waals surface area contributed by atoms with E-state index in [-0.39, 0.29) is 18.0 Å². The lowest BCUT2D eigenvalue weighted by molar-refractivity contribution is 0.0209. The molecule has 0 amide bonds. The Morgan fingerprint density at radius 1 is 1.40 bits per heavy atom. The van der Waals surface area contributed by atoms with Gasteiger partial charge in [0.25, 0.3) is 0 Å². The minimum Gasteiger partial charge on any atom is -0.490 e. The van der Waals surface area contributed by atoms with Gasteiger partial charge in [-0.2, -0.15) is 0 Å². The van der Waals surface area contributed by atoms with Gasteiger partial charge in [-0.05, 0) is 37.5 Å². The van der Waals surface area contributed by atoms with Gasteiger partial charge in [0.2, 0.25) is 0 Å². The second-order valence-corrected chi connectivity index (χ2v) is 5.33. The summed E-state index contributed by atoms with van der Waals surface area (Å²) in [4.78, 5) is 0. The average molecular weight is 299 g/mol. The minimum absolute atomic E-state index is 0.0124. The summed E-state index contributed by atoms with van der Waals surface area (Å²) in [5, 5.41) is 12.4. The van der Waals surface area contributed by atoms with Crippen molar-refractivity contribution in [3.63, 3.8) is 0 Å². The Kier molecular flexibility index (Phi) is 5.09. The second kappa shape index (κ2) is 6.81. The first-order valence-corrected chi connectivity index (χ1v) is 6.98. The Balaban J connectivity index is 2.16. The van der Waals surface area contributed by atoms with Crippen LogP contribution in [-0.2, 0) is 4.74 Å². The van der Waals surface area contributed by atoms with E-state index in [1.807, 2.05) is 0 Å². The molecule has 20 heavy (non-hydrogen) atoms. The number of ether oxygens (including phenoxy) is 2. The summed E-state index contributed by atoms with van der Waals surface area (Å²) in [5.74, 6) is 0.563. The van der Waals surface area contributed by atoms with E-state index in [0.29, 0.717) is 16.3 Å². The molecule has 0 aliphatic heterocycles. The van der Waals surface area contributed by atoms with Crippen LogP contribution in [0, 0.1) is 0 Å². The van der Waals surface area contributed by atoms with Gasteiger partial charge >= 0.3 is 0 Å².